The number of methoxy groups -OCH3 is 2. The number of nitrogens with zero attached hydrogens (tertiary/aromatic N) is 1. The number of carbonyl (C=O) groups is 1. The van der Waals surface area contributed by atoms with Gasteiger partial charge in [-0.1, -0.05) is 29.3 Å². The Hall–Kier alpha value is -3.19. The zero-order valence-corrected chi connectivity index (χ0v) is 17.2. The lowest BCUT2D eigenvalue weighted by molar-refractivity contribution is 0.252. The normalized spacial score (nSPS) is 10.5. The van der Waals surface area contributed by atoms with Crippen molar-refractivity contribution in [1.29, 1.82) is 0 Å². The van der Waals surface area contributed by atoms with E-state index in [4.69, 9.17) is 25.5 Å². The van der Waals surface area contributed by atoms with E-state index in [2.05, 4.69) is 15.6 Å². The first kappa shape index (κ1) is 20.5. The molecule has 0 bridgehead atoms. The predicted octanol–water partition coefficient (Wildman–Crippen LogP) is 4.68. The van der Waals surface area contributed by atoms with Gasteiger partial charge in [-0.25, -0.2) is 9.78 Å². The smallest absolute Gasteiger partial charge is 0.319 e. The zero-order valence-electron chi connectivity index (χ0n) is 16.4. The van der Waals surface area contributed by atoms with Crippen LogP contribution in [0.25, 0.3) is 11.5 Å². The van der Waals surface area contributed by atoms with Gasteiger partial charge in [-0.05, 0) is 25.1 Å². The van der Waals surface area contributed by atoms with Crippen LogP contribution >= 0.6 is 11.6 Å². The summed E-state index contributed by atoms with van der Waals surface area (Å²) in [6, 6.07) is 10.7. The number of hydrogen-bond acceptors (Lipinski definition) is 5. The molecule has 0 radical (unpaired) electrons. The molecule has 0 atom stereocenters. The minimum absolute atomic E-state index is 0.370. The molecule has 7 nitrogen and oxygen atoms in total. The summed E-state index contributed by atoms with van der Waals surface area (Å²) in [6.07, 6.45) is 2.13. The fourth-order valence-electron chi connectivity index (χ4n) is 2.68. The van der Waals surface area contributed by atoms with Crippen LogP contribution in [0.1, 0.15) is 11.3 Å². The van der Waals surface area contributed by atoms with E-state index in [1.54, 1.807) is 18.4 Å². The van der Waals surface area contributed by atoms with Crippen molar-refractivity contribution in [2.45, 2.75) is 13.3 Å². The first-order valence-electron chi connectivity index (χ1n) is 8.98. The van der Waals surface area contributed by atoms with Gasteiger partial charge in [0.05, 0.1) is 30.6 Å². The van der Waals surface area contributed by atoms with Crippen molar-refractivity contribution >= 4 is 23.3 Å². The Balaban J connectivity index is 1.54. The minimum Gasteiger partial charge on any atom is -0.495 e. The van der Waals surface area contributed by atoms with Crippen molar-refractivity contribution in [2.24, 2.45) is 0 Å². The van der Waals surface area contributed by atoms with Crippen molar-refractivity contribution < 1.29 is 18.7 Å². The third kappa shape index (κ3) is 5.20. The molecular weight excluding hydrogens is 394 g/mol. The molecule has 0 saturated carbocycles. The molecule has 3 rings (SSSR count). The van der Waals surface area contributed by atoms with Gasteiger partial charge >= 0.3 is 6.03 Å². The molecule has 0 unspecified atom stereocenters. The Kier molecular flexibility index (Phi) is 6.61. The first-order chi connectivity index (χ1) is 14.0. The number of aromatic nitrogens is 1. The van der Waals surface area contributed by atoms with Gasteiger partial charge in [0.2, 0.25) is 5.89 Å². The van der Waals surface area contributed by atoms with E-state index >= 15 is 0 Å². The number of amides is 2. The summed E-state index contributed by atoms with van der Waals surface area (Å²) >= 11 is 6.12. The van der Waals surface area contributed by atoms with Crippen LogP contribution < -0.4 is 20.1 Å². The fourth-order valence-corrected chi connectivity index (χ4v) is 2.92. The summed E-state index contributed by atoms with van der Waals surface area (Å²) in [5.74, 6) is 1.47. The van der Waals surface area contributed by atoms with Crippen molar-refractivity contribution in [3.63, 3.8) is 0 Å². The van der Waals surface area contributed by atoms with Crippen LogP contribution in [0.5, 0.6) is 11.5 Å². The Labute approximate surface area is 174 Å². The van der Waals surface area contributed by atoms with Gasteiger partial charge in [-0.2, -0.15) is 0 Å². The number of anilines is 1. The summed E-state index contributed by atoms with van der Waals surface area (Å²) in [5.41, 5.74) is 3.28. The van der Waals surface area contributed by atoms with Crippen molar-refractivity contribution in [3.8, 4) is 23.0 Å². The maximum absolute atomic E-state index is 12.2. The molecule has 0 spiro atoms. The first-order valence-corrected chi connectivity index (χ1v) is 9.35. The van der Waals surface area contributed by atoms with Crippen molar-refractivity contribution in [2.75, 3.05) is 26.1 Å². The highest BCUT2D eigenvalue weighted by atomic mass is 35.5. The lowest BCUT2D eigenvalue weighted by atomic mass is 10.1. The van der Waals surface area contributed by atoms with E-state index < -0.39 is 0 Å². The molecule has 0 aliphatic rings. The number of rotatable bonds is 7. The van der Waals surface area contributed by atoms with Gasteiger partial charge in [0.25, 0.3) is 0 Å². The maximum atomic E-state index is 12.2. The number of carbonyl (C=O) groups excluding carboxylic acids is 1. The minimum atomic E-state index is -0.383. The molecule has 0 fully saturated rings. The van der Waals surface area contributed by atoms with Gasteiger partial charge in [0.15, 0.2) is 0 Å². The molecule has 29 heavy (non-hydrogen) atoms. The number of hydrogen-bond donors (Lipinski definition) is 2. The summed E-state index contributed by atoms with van der Waals surface area (Å²) in [5, 5.41) is 5.86. The largest absolute Gasteiger partial charge is 0.495 e. The highest BCUT2D eigenvalue weighted by molar-refractivity contribution is 6.32. The van der Waals surface area contributed by atoms with Gasteiger partial charge in [0.1, 0.15) is 17.8 Å². The molecule has 0 aliphatic heterocycles. The number of benzene rings is 2. The Morgan fingerprint density at radius 1 is 1.14 bits per heavy atom. The van der Waals surface area contributed by atoms with Gasteiger partial charge in [0, 0.05) is 24.6 Å². The average Bonchev–Trinajstić information content (AvgIpc) is 3.17. The number of nitrogens with one attached hydrogen (secondary N) is 2. The molecular formula is C21H22ClN3O4. The van der Waals surface area contributed by atoms with Gasteiger partial charge in [-0.15, -0.1) is 0 Å². The van der Waals surface area contributed by atoms with E-state index in [0.29, 0.717) is 41.1 Å². The summed E-state index contributed by atoms with van der Waals surface area (Å²) in [7, 11) is 3.01. The van der Waals surface area contributed by atoms with Crippen LogP contribution in [-0.4, -0.2) is 31.8 Å². The average molecular weight is 416 g/mol. The molecule has 8 heteroatoms. The monoisotopic (exact) mass is 415 g/mol. The van der Waals surface area contributed by atoms with Crippen molar-refractivity contribution in [1.82, 2.24) is 10.3 Å². The molecule has 2 N–H and O–H groups in total. The number of urea groups is 1. The molecule has 2 aromatic carbocycles. The van der Waals surface area contributed by atoms with E-state index in [1.165, 1.54) is 19.8 Å². The molecule has 152 valence electrons. The van der Waals surface area contributed by atoms with E-state index in [0.717, 1.165) is 11.3 Å². The lowest BCUT2D eigenvalue weighted by Gasteiger charge is -2.13. The summed E-state index contributed by atoms with van der Waals surface area (Å²) < 4.78 is 15.9. The van der Waals surface area contributed by atoms with Gasteiger partial charge < -0.3 is 24.5 Å². The molecule has 0 aliphatic carbocycles. The Morgan fingerprint density at radius 2 is 1.86 bits per heavy atom. The third-order valence-electron chi connectivity index (χ3n) is 4.24. The SMILES string of the molecule is COc1cc(OC)c(NC(=O)NCCc2coc(-c3ccc(C)cc3)n2)cc1Cl. The third-order valence-corrected chi connectivity index (χ3v) is 4.53. The number of aryl methyl sites for hydroxylation is 1. The van der Waals surface area contributed by atoms with Crippen LogP contribution in [0.15, 0.2) is 47.1 Å². The van der Waals surface area contributed by atoms with Gasteiger partial charge in [-0.3, -0.25) is 0 Å². The van der Waals surface area contributed by atoms with E-state index in [-0.39, 0.29) is 6.03 Å². The van der Waals surface area contributed by atoms with Crippen LogP contribution in [0, 0.1) is 6.92 Å². The second kappa shape index (κ2) is 9.34. The number of ether oxygens (including phenoxy) is 2. The highest BCUT2D eigenvalue weighted by Gasteiger charge is 2.13. The van der Waals surface area contributed by atoms with E-state index in [1.807, 2.05) is 31.2 Å². The van der Waals surface area contributed by atoms with Crippen LogP contribution in [0.2, 0.25) is 5.02 Å². The van der Waals surface area contributed by atoms with Crippen molar-refractivity contribution in [3.05, 3.63) is 58.9 Å². The topological polar surface area (TPSA) is 85.6 Å². The summed E-state index contributed by atoms with van der Waals surface area (Å²) in [4.78, 5) is 16.7. The Bertz CT molecular complexity index is 986. The zero-order chi connectivity index (χ0) is 20.8. The highest BCUT2D eigenvalue weighted by Crippen LogP contribution is 2.35. The Morgan fingerprint density at radius 3 is 2.55 bits per heavy atom. The fraction of sp³-hybridized carbons (Fsp3) is 0.238. The molecule has 2 amide bonds. The predicted molar refractivity (Wildman–Crippen MR) is 112 cm³/mol. The maximum Gasteiger partial charge on any atom is 0.319 e. The van der Waals surface area contributed by atoms with Crippen LogP contribution in [0.3, 0.4) is 0 Å². The van der Waals surface area contributed by atoms with Crippen LogP contribution in [0.4, 0.5) is 10.5 Å². The molecule has 0 saturated heterocycles. The quantitative estimate of drug-likeness (QED) is 0.585. The molecule has 1 aromatic heterocycles. The number of halogens is 1. The second-order valence-corrected chi connectivity index (χ2v) is 6.74. The van der Waals surface area contributed by atoms with Crippen LogP contribution in [-0.2, 0) is 6.42 Å². The second-order valence-electron chi connectivity index (χ2n) is 6.33. The lowest BCUT2D eigenvalue weighted by Crippen LogP contribution is -2.30. The van der Waals surface area contributed by atoms with E-state index in [9.17, 15) is 4.79 Å². The summed E-state index contributed by atoms with van der Waals surface area (Å²) in [6.45, 7) is 2.41. The molecule has 3 aromatic rings. The molecule has 1 heterocycles. The standard InChI is InChI=1S/C21H22ClN3O4/c1-13-4-6-14(7-5-13)20-24-15(12-29-20)8-9-23-21(26)25-17-10-16(22)18(27-2)11-19(17)28-3/h4-7,10-12H,8-9H2,1-3H3,(H2,23,25,26). The number of oxazole rings is 1.